The van der Waals surface area contributed by atoms with Crippen LogP contribution in [-0.2, 0) is 6.42 Å². The van der Waals surface area contributed by atoms with Crippen LogP contribution in [0, 0.1) is 6.92 Å². The van der Waals surface area contributed by atoms with E-state index in [2.05, 4.69) is 11.6 Å². The Kier molecular flexibility index (Phi) is 8.89. The minimum atomic E-state index is -0.610. The second-order valence-electron chi connectivity index (χ2n) is 8.97. The fourth-order valence-electron chi connectivity index (χ4n) is 4.01. The van der Waals surface area contributed by atoms with Gasteiger partial charge >= 0.3 is 6.09 Å². The summed E-state index contributed by atoms with van der Waals surface area (Å²) in [6.07, 6.45) is -0.00904. The van der Waals surface area contributed by atoms with Crippen molar-refractivity contribution in [1.82, 2.24) is 9.88 Å². The number of rotatable bonds is 11. The molecule has 39 heavy (non-hydrogen) atoms. The number of hydrogen-bond donors (Lipinski definition) is 1. The largest absolute Gasteiger partial charge is 0.511 e. The number of oxazole rings is 1. The van der Waals surface area contributed by atoms with Gasteiger partial charge in [0.25, 0.3) is 0 Å². The monoisotopic (exact) mass is 528 g/mol. The van der Waals surface area contributed by atoms with Crippen LogP contribution < -0.4 is 14.2 Å². The summed E-state index contributed by atoms with van der Waals surface area (Å²) in [6, 6.07) is 23.5. The molecular formula is C31H32N2O6. The number of aliphatic hydroxyl groups is 1. The number of benzene rings is 3. The van der Waals surface area contributed by atoms with E-state index in [-0.39, 0.29) is 12.3 Å². The van der Waals surface area contributed by atoms with Gasteiger partial charge in [0.2, 0.25) is 5.89 Å². The van der Waals surface area contributed by atoms with Gasteiger partial charge in [-0.3, -0.25) is 4.90 Å². The number of aromatic nitrogens is 1. The molecule has 0 radical (unpaired) electrons. The molecule has 1 N–H and O–H groups in total. The molecule has 202 valence electrons. The average Bonchev–Trinajstić information content (AvgIpc) is 3.32. The summed E-state index contributed by atoms with van der Waals surface area (Å²) in [6.45, 7) is 7.65. The lowest BCUT2D eigenvalue weighted by Crippen LogP contribution is -2.37. The number of ether oxygens (including phenoxy) is 3. The van der Waals surface area contributed by atoms with Crippen molar-refractivity contribution in [2.75, 3.05) is 20.3 Å². The number of hydrogen-bond acceptors (Lipinski definition) is 7. The number of nitrogens with zero attached hydrogens (tertiary/aromatic N) is 2. The predicted octanol–water partition coefficient (Wildman–Crippen LogP) is 6.91. The number of aliphatic hydroxyl groups excluding tert-OH is 1. The topological polar surface area (TPSA) is 94.3 Å². The zero-order valence-corrected chi connectivity index (χ0v) is 22.3. The van der Waals surface area contributed by atoms with Gasteiger partial charge in [0.15, 0.2) is 0 Å². The van der Waals surface area contributed by atoms with E-state index in [9.17, 15) is 9.90 Å². The van der Waals surface area contributed by atoms with E-state index in [1.54, 1.807) is 31.4 Å². The molecule has 8 nitrogen and oxygen atoms in total. The maximum atomic E-state index is 13.0. The number of methoxy groups -OCH3 is 1. The summed E-state index contributed by atoms with van der Waals surface area (Å²) in [5, 5.41) is 9.83. The van der Waals surface area contributed by atoms with Crippen LogP contribution in [0.2, 0.25) is 0 Å². The van der Waals surface area contributed by atoms with Crippen LogP contribution >= 0.6 is 0 Å². The number of amides is 1. The Labute approximate surface area is 228 Å². The van der Waals surface area contributed by atoms with Crippen LogP contribution in [-0.4, -0.2) is 41.3 Å². The van der Waals surface area contributed by atoms with Crippen molar-refractivity contribution in [3.05, 3.63) is 108 Å². The molecule has 0 saturated heterocycles. The van der Waals surface area contributed by atoms with Crippen LogP contribution in [0.1, 0.15) is 30.0 Å². The molecule has 4 rings (SSSR count). The van der Waals surface area contributed by atoms with Gasteiger partial charge in [0, 0.05) is 12.0 Å². The van der Waals surface area contributed by atoms with Crippen molar-refractivity contribution in [1.29, 1.82) is 0 Å². The molecular weight excluding hydrogens is 496 g/mol. The Bertz CT molecular complexity index is 1380. The summed E-state index contributed by atoms with van der Waals surface area (Å²) in [5.41, 5.74) is 2.63. The molecule has 1 heterocycles. The highest BCUT2D eigenvalue weighted by Crippen LogP contribution is 2.26. The van der Waals surface area contributed by atoms with Crippen LogP contribution in [0.3, 0.4) is 0 Å². The number of carbonyl (C=O) groups excluding carboxylic acids is 1. The first-order valence-electron chi connectivity index (χ1n) is 12.6. The maximum absolute atomic E-state index is 13.0. The van der Waals surface area contributed by atoms with E-state index in [0.29, 0.717) is 36.2 Å². The molecule has 0 fully saturated rings. The third-order valence-electron chi connectivity index (χ3n) is 6.20. The van der Waals surface area contributed by atoms with E-state index >= 15 is 0 Å². The average molecular weight is 529 g/mol. The second-order valence-corrected chi connectivity index (χ2v) is 8.97. The van der Waals surface area contributed by atoms with Crippen molar-refractivity contribution in [3.8, 4) is 28.7 Å². The smallest absolute Gasteiger partial charge is 0.416 e. The first kappa shape index (κ1) is 27.3. The first-order chi connectivity index (χ1) is 18.8. The summed E-state index contributed by atoms with van der Waals surface area (Å²) in [7, 11) is 1.56. The third kappa shape index (κ3) is 7.19. The molecule has 0 aliphatic heterocycles. The summed E-state index contributed by atoms with van der Waals surface area (Å²) >= 11 is 0. The first-order valence-corrected chi connectivity index (χ1v) is 12.6. The molecule has 0 spiro atoms. The molecule has 0 aliphatic rings. The summed E-state index contributed by atoms with van der Waals surface area (Å²) in [5.74, 6) is 2.93. The normalized spacial score (nSPS) is 11.5. The SMILES string of the molecule is C=C(O)CN(C(=O)Oc1ccc(OC)cc1)[C@@H](C)c1ccc(OCCc2nc(-c3ccccc3)oc2C)cc1. The van der Waals surface area contributed by atoms with Crippen LogP contribution in [0.25, 0.3) is 11.5 Å². The predicted molar refractivity (Wildman–Crippen MR) is 148 cm³/mol. The quantitative estimate of drug-likeness (QED) is 0.211. The fraction of sp³-hybridized carbons (Fsp3) is 0.226. The van der Waals surface area contributed by atoms with Gasteiger partial charge in [-0.2, -0.15) is 0 Å². The standard InChI is InChI=1S/C31H32N2O6/c1-21(34)20-33(31(35)39-28-16-14-26(36-4)15-17-28)22(2)24-10-12-27(13-11-24)37-19-18-29-23(3)38-30(32-29)25-8-6-5-7-9-25/h5-17,22,34H,1,18-20H2,2-4H3/t22-/m0/s1. The van der Waals surface area contributed by atoms with Crippen LogP contribution in [0.4, 0.5) is 4.79 Å². The molecule has 1 amide bonds. The Morgan fingerprint density at radius 3 is 2.28 bits per heavy atom. The van der Waals surface area contributed by atoms with Crippen molar-refractivity contribution in [3.63, 3.8) is 0 Å². The highest BCUT2D eigenvalue weighted by atomic mass is 16.6. The Morgan fingerprint density at radius 1 is 1.00 bits per heavy atom. The minimum Gasteiger partial charge on any atom is -0.511 e. The van der Waals surface area contributed by atoms with E-state index in [0.717, 1.165) is 22.6 Å². The molecule has 0 unspecified atom stereocenters. The van der Waals surface area contributed by atoms with Gasteiger partial charge in [0.05, 0.1) is 32.0 Å². The molecule has 1 aromatic heterocycles. The summed E-state index contributed by atoms with van der Waals surface area (Å²) in [4.78, 5) is 19.0. The molecule has 0 saturated carbocycles. The Balaban J connectivity index is 1.36. The van der Waals surface area contributed by atoms with Crippen molar-refractivity contribution >= 4 is 6.09 Å². The van der Waals surface area contributed by atoms with Gasteiger partial charge in [0.1, 0.15) is 28.8 Å². The van der Waals surface area contributed by atoms with Gasteiger partial charge < -0.3 is 23.7 Å². The van der Waals surface area contributed by atoms with Gasteiger partial charge in [-0.1, -0.05) is 36.9 Å². The highest BCUT2D eigenvalue weighted by molar-refractivity contribution is 5.71. The van der Waals surface area contributed by atoms with Crippen molar-refractivity contribution in [2.45, 2.75) is 26.3 Å². The number of aryl methyl sites for hydroxylation is 1. The zero-order chi connectivity index (χ0) is 27.8. The van der Waals surface area contributed by atoms with Gasteiger partial charge in [-0.05, 0) is 67.9 Å². The maximum Gasteiger partial charge on any atom is 0.416 e. The Morgan fingerprint density at radius 2 is 1.64 bits per heavy atom. The molecule has 1 atom stereocenters. The second kappa shape index (κ2) is 12.7. The molecule has 3 aromatic carbocycles. The summed E-state index contributed by atoms with van der Waals surface area (Å²) < 4.78 is 22.4. The fourth-order valence-corrected chi connectivity index (χ4v) is 4.01. The van der Waals surface area contributed by atoms with Gasteiger partial charge in [-0.15, -0.1) is 0 Å². The zero-order valence-electron chi connectivity index (χ0n) is 22.3. The van der Waals surface area contributed by atoms with E-state index < -0.39 is 12.1 Å². The lowest BCUT2D eigenvalue weighted by atomic mass is 10.1. The van der Waals surface area contributed by atoms with Gasteiger partial charge in [-0.25, -0.2) is 9.78 Å². The number of carbonyl (C=O) groups is 1. The lowest BCUT2D eigenvalue weighted by Gasteiger charge is -2.28. The van der Waals surface area contributed by atoms with E-state index in [1.807, 2.05) is 68.4 Å². The molecule has 0 aliphatic carbocycles. The molecule has 0 bridgehead atoms. The van der Waals surface area contributed by atoms with Crippen molar-refractivity contribution < 1.29 is 28.5 Å². The van der Waals surface area contributed by atoms with Crippen LogP contribution in [0.5, 0.6) is 17.2 Å². The molecule has 4 aromatic rings. The third-order valence-corrected chi connectivity index (χ3v) is 6.20. The van der Waals surface area contributed by atoms with E-state index in [1.165, 1.54) is 4.90 Å². The molecule has 8 heteroatoms. The van der Waals surface area contributed by atoms with Crippen LogP contribution in [0.15, 0.2) is 95.6 Å². The van der Waals surface area contributed by atoms with E-state index in [4.69, 9.17) is 18.6 Å². The highest BCUT2D eigenvalue weighted by Gasteiger charge is 2.24. The lowest BCUT2D eigenvalue weighted by molar-refractivity contribution is 0.133. The minimum absolute atomic E-state index is 0.0730. The Hall–Kier alpha value is -4.72. The van der Waals surface area contributed by atoms with Crippen molar-refractivity contribution in [2.24, 2.45) is 0 Å².